The van der Waals surface area contributed by atoms with Crippen LogP contribution < -0.4 is 0 Å². The molecule has 9 rings (SSSR count). The summed E-state index contributed by atoms with van der Waals surface area (Å²) in [6, 6.07) is 40.4. The van der Waals surface area contributed by atoms with E-state index < -0.39 is 0 Å². The van der Waals surface area contributed by atoms with Gasteiger partial charge >= 0.3 is 0 Å². The van der Waals surface area contributed by atoms with Gasteiger partial charge < -0.3 is 8.83 Å². The molecule has 0 saturated carbocycles. The van der Waals surface area contributed by atoms with Crippen LogP contribution in [0.3, 0.4) is 0 Å². The Kier molecular flexibility index (Phi) is 7.85. The van der Waals surface area contributed by atoms with Crippen LogP contribution in [0.1, 0.15) is 42.7 Å². The zero-order valence-electron chi connectivity index (χ0n) is 29.1. The SMILES string of the molecule is C=Cc1c(C=CC)oc2ccc(C3=CC(C)CC(c4cccc(-c5ncnc6c5oc5c(-c7ccc(-c8ccccc8)cc7)cccc56)c4)=C3)cc12. The lowest BCUT2D eigenvalue weighted by atomic mass is 9.85. The normalized spacial score (nSPS) is 14.7. The number of fused-ring (bicyclic) bond motifs is 4. The van der Waals surface area contributed by atoms with Crippen LogP contribution in [0.25, 0.3) is 89.8 Å². The van der Waals surface area contributed by atoms with Gasteiger partial charge in [0.05, 0.1) is 0 Å². The van der Waals surface area contributed by atoms with Crippen LogP contribution in [-0.4, -0.2) is 9.97 Å². The Balaban J connectivity index is 1.08. The first kappa shape index (κ1) is 31.5. The van der Waals surface area contributed by atoms with Gasteiger partial charge in [-0.1, -0.05) is 129 Å². The Labute approximate surface area is 302 Å². The number of rotatable bonds is 7. The Morgan fingerprint density at radius 2 is 1.44 bits per heavy atom. The molecule has 8 aromatic rings. The molecule has 4 heteroatoms. The van der Waals surface area contributed by atoms with E-state index in [0.29, 0.717) is 11.5 Å². The molecule has 0 aliphatic heterocycles. The van der Waals surface area contributed by atoms with E-state index in [9.17, 15) is 0 Å². The molecule has 5 aromatic carbocycles. The van der Waals surface area contributed by atoms with Gasteiger partial charge in [0.25, 0.3) is 0 Å². The largest absolute Gasteiger partial charge is 0.456 e. The highest BCUT2D eigenvalue weighted by atomic mass is 16.3. The Morgan fingerprint density at radius 1 is 0.692 bits per heavy atom. The molecule has 4 nitrogen and oxygen atoms in total. The summed E-state index contributed by atoms with van der Waals surface area (Å²) >= 11 is 0. The van der Waals surface area contributed by atoms with Gasteiger partial charge in [-0.2, -0.15) is 0 Å². The molecule has 0 bridgehead atoms. The molecular weight excluding hydrogens is 637 g/mol. The average molecular weight is 673 g/mol. The van der Waals surface area contributed by atoms with Gasteiger partial charge in [-0.15, -0.1) is 0 Å². The molecule has 250 valence electrons. The molecule has 0 amide bonds. The van der Waals surface area contributed by atoms with E-state index in [1.165, 1.54) is 27.8 Å². The fourth-order valence-corrected chi connectivity index (χ4v) is 7.56. The number of hydrogen-bond donors (Lipinski definition) is 0. The van der Waals surface area contributed by atoms with E-state index in [2.05, 4.69) is 135 Å². The fourth-order valence-electron chi connectivity index (χ4n) is 7.56. The second-order valence-electron chi connectivity index (χ2n) is 13.5. The molecule has 0 fully saturated rings. The molecule has 1 unspecified atom stereocenters. The molecule has 0 saturated heterocycles. The van der Waals surface area contributed by atoms with E-state index >= 15 is 0 Å². The van der Waals surface area contributed by atoms with Crippen molar-refractivity contribution in [2.45, 2.75) is 20.3 Å². The Morgan fingerprint density at radius 3 is 2.27 bits per heavy atom. The van der Waals surface area contributed by atoms with E-state index in [0.717, 1.165) is 73.1 Å². The number of nitrogens with zero attached hydrogens (tertiary/aromatic N) is 2. The van der Waals surface area contributed by atoms with Crippen molar-refractivity contribution in [1.29, 1.82) is 0 Å². The summed E-state index contributed by atoms with van der Waals surface area (Å²) in [5, 5.41) is 2.05. The lowest BCUT2D eigenvalue weighted by Gasteiger charge is -2.20. The Bertz CT molecular complexity index is 2740. The van der Waals surface area contributed by atoms with Crippen LogP contribution in [-0.2, 0) is 0 Å². The topological polar surface area (TPSA) is 52.1 Å². The summed E-state index contributed by atoms with van der Waals surface area (Å²) < 4.78 is 12.8. The predicted octanol–water partition coefficient (Wildman–Crippen LogP) is 13.3. The molecule has 1 aliphatic carbocycles. The van der Waals surface area contributed by atoms with Crippen molar-refractivity contribution >= 4 is 56.3 Å². The van der Waals surface area contributed by atoms with Crippen molar-refractivity contribution in [1.82, 2.24) is 9.97 Å². The molecule has 3 heterocycles. The van der Waals surface area contributed by atoms with E-state index in [4.69, 9.17) is 18.8 Å². The summed E-state index contributed by atoms with van der Waals surface area (Å²) in [5.41, 5.74) is 15.3. The minimum absolute atomic E-state index is 0.373. The second kappa shape index (κ2) is 13.0. The summed E-state index contributed by atoms with van der Waals surface area (Å²) in [7, 11) is 0. The zero-order chi connectivity index (χ0) is 35.2. The number of benzene rings is 5. The number of allylic oxidation sites excluding steroid dienone is 5. The number of furan rings is 2. The first-order valence-electron chi connectivity index (χ1n) is 17.8. The molecule has 52 heavy (non-hydrogen) atoms. The van der Waals surface area contributed by atoms with Crippen LogP contribution >= 0.6 is 0 Å². The van der Waals surface area contributed by atoms with E-state index in [1.54, 1.807) is 6.33 Å². The van der Waals surface area contributed by atoms with Gasteiger partial charge in [-0.3, -0.25) is 0 Å². The highest BCUT2D eigenvalue weighted by Crippen LogP contribution is 2.41. The molecule has 1 atom stereocenters. The highest BCUT2D eigenvalue weighted by Gasteiger charge is 2.20. The van der Waals surface area contributed by atoms with Crippen LogP contribution in [0, 0.1) is 5.92 Å². The summed E-state index contributed by atoms with van der Waals surface area (Å²) in [5.74, 6) is 1.21. The predicted molar refractivity (Wildman–Crippen MR) is 216 cm³/mol. The van der Waals surface area contributed by atoms with Gasteiger partial charge in [0.2, 0.25) is 0 Å². The third-order valence-electron chi connectivity index (χ3n) is 10.0. The van der Waals surface area contributed by atoms with E-state index in [1.807, 2.05) is 31.2 Å². The van der Waals surface area contributed by atoms with E-state index in [-0.39, 0.29) is 0 Å². The van der Waals surface area contributed by atoms with Gasteiger partial charge in [-0.25, -0.2) is 9.97 Å². The third kappa shape index (κ3) is 5.50. The van der Waals surface area contributed by atoms with Gasteiger partial charge in [-0.05, 0) is 88.6 Å². The number of para-hydroxylation sites is 1. The first-order valence-corrected chi connectivity index (χ1v) is 17.8. The minimum Gasteiger partial charge on any atom is -0.456 e. The maximum Gasteiger partial charge on any atom is 0.180 e. The summed E-state index contributed by atoms with van der Waals surface area (Å²) in [4.78, 5) is 9.50. The quantitative estimate of drug-likeness (QED) is 0.169. The van der Waals surface area contributed by atoms with Crippen LogP contribution in [0.4, 0.5) is 0 Å². The van der Waals surface area contributed by atoms with Crippen LogP contribution in [0.15, 0.2) is 155 Å². The monoisotopic (exact) mass is 672 g/mol. The van der Waals surface area contributed by atoms with Crippen molar-refractivity contribution in [3.05, 3.63) is 169 Å². The van der Waals surface area contributed by atoms with Crippen LogP contribution in [0.2, 0.25) is 0 Å². The minimum atomic E-state index is 0.373. The molecule has 1 aliphatic rings. The van der Waals surface area contributed by atoms with Crippen molar-refractivity contribution in [3.8, 4) is 33.5 Å². The Hall–Kier alpha value is -6.52. The second-order valence-corrected chi connectivity index (χ2v) is 13.5. The van der Waals surface area contributed by atoms with Gasteiger partial charge in [0.15, 0.2) is 5.58 Å². The fraction of sp³-hybridized carbons (Fsp3) is 0.0833. The van der Waals surface area contributed by atoms with Crippen LogP contribution in [0.5, 0.6) is 0 Å². The summed E-state index contributed by atoms with van der Waals surface area (Å²) in [6.45, 7) is 8.33. The summed E-state index contributed by atoms with van der Waals surface area (Å²) in [6.07, 6.45) is 13.1. The smallest absolute Gasteiger partial charge is 0.180 e. The molecule has 0 N–H and O–H groups in total. The zero-order valence-corrected chi connectivity index (χ0v) is 29.1. The number of hydrogen-bond acceptors (Lipinski definition) is 4. The maximum absolute atomic E-state index is 6.72. The lowest BCUT2D eigenvalue weighted by Crippen LogP contribution is -2.01. The lowest BCUT2D eigenvalue weighted by molar-refractivity contribution is 0.603. The molecule has 0 spiro atoms. The van der Waals surface area contributed by atoms with Gasteiger partial charge in [0, 0.05) is 27.5 Å². The standard InChI is InChI=1S/C48H36N2O2/c1-4-11-43-39(5-2)42-28-35(22-23-44(42)51-43)38-25-30(3)24-37(27-38)34-14-9-15-36(26-34)45-48-46(50-29-49-45)41-17-10-16-40(47(41)52-48)33-20-18-32(19-21-33)31-12-7-6-8-13-31/h4-23,25-30H,2,24H2,1,3H3. The number of aromatic nitrogens is 2. The highest BCUT2D eigenvalue weighted by molar-refractivity contribution is 6.10. The van der Waals surface area contributed by atoms with Crippen molar-refractivity contribution < 1.29 is 8.83 Å². The first-order chi connectivity index (χ1) is 25.6. The maximum atomic E-state index is 6.72. The van der Waals surface area contributed by atoms with Crippen molar-refractivity contribution in [2.75, 3.05) is 0 Å². The third-order valence-corrected chi connectivity index (χ3v) is 10.0. The molecular formula is C48H36N2O2. The molecule has 0 radical (unpaired) electrons. The van der Waals surface area contributed by atoms with Crippen molar-refractivity contribution in [3.63, 3.8) is 0 Å². The average Bonchev–Trinajstić information content (AvgIpc) is 3.75. The van der Waals surface area contributed by atoms with Gasteiger partial charge in [0.1, 0.15) is 34.5 Å². The molecule has 3 aromatic heterocycles. The van der Waals surface area contributed by atoms with Crippen molar-refractivity contribution in [2.24, 2.45) is 5.92 Å².